The maximum atomic E-state index is 6.70. The Bertz CT molecular complexity index is 2310. The van der Waals surface area contributed by atoms with E-state index in [1.165, 1.54) is 55.3 Å². The molecule has 0 amide bonds. The smallest absolute Gasteiger partial charge is 0.137 e. The minimum Gasteiger partial charge on any atom is -0.457 e. The number of benzene rings is 4. The Kier molecular flexibility index (Phi) is 8.62. The monoisotopic (exact) mass is 646 g/mol. The van der Waals surface area contributed by atoms with Crippen LogP contribution in [0.5, 0.6) is 11.5 Å². The predicted molar refractivity (Wildman–Crippen MR) is 204 cm³/mol. The zero-order chi connectivity index (χ0) is 34.4. The molecule has 0 fully saturated rings. The van der Waals surface area contributed by atoms with E-state index in [1.54, 1.807) is 0 Å². The van der Waals surface area contributed by atoms with Crippen molar-refractivity contribution in [2.24, 2.45) is 5.92 Å². The average molecular weight is 647 g/mol. The Morgan fingerprint density at radius 2 is 1.45 bits per heavy atom. The van der Waals surface area contributed by atoms with Crippen LogP contribution in [0.4, 0.5) is 0 Å². The standard InChI is InChI=1S/C44H46N4O/c1-9-12-33-20-36(47-26-35(25-46-47)44-31(7)29(5)28(4)30(6)32(44)8)23-38(21-33)49-37-15-16-40-39-13-10-11-14-41(39)48(42(40)24-37)43-22-34(17-18-45-43)19-27(2)3/h10-11,13-18,20-27H,9,12,19H2,1-8H3. The maximum Gasteiger partial charge on any atom is 0.137 e. The van der Waals surface area contributed by atoms with Crippen molar-refractivity contribution in [3.05, 3.63) is 130 Å². The van der Waals surface area contributed by atoms with Crippen LogP contribution in [0.2, 0.25) is 0 Å². The lowest BCUT2D eigenvalue weighted by Gasteiger charge is -2.17. The highest BCUT2D eigenvalue weighted by molar-refractivity contribution is 6.09. The van der Waals surface area contributed by atoms with E-state index in [9.17, 15) is 0 Å². The highest BCUT2D eigenvalue weighted by Gasteiger charge is 2.18. The number of hydrogen-bond acceptors (Lipinski definition) is 3. The third-order valence-electron chi connectivity index (χ3n) is 10.2. The Morgan fingerprint density at radius 3 is 2.20 bits per heavy atom. The molecule has 49 heavy (non-hydrogen) atoms. The second-order valence-corrected chi connectivity index (χ2v) is 14.0. The largest absolute Gasteiger partial charge is 0.457 e. The molecule has 0 bridgehead atoms. The normalized spacial score (nSPS) is 11.7. The number of hydrogen-bond donors (Lipinski definition) is 0. The second-order valence-electron chi connectivity index (χ2n) is 14.0. The van der Waals surface area contributed by atoms with E-state index in [0.29, 0.717) is 5.92 Å². The second kappa shape index (κ2) is 13.0. The van der Waals surface area contributed by atoms with Crippen LogP contribution in [0.25, 0.3) is 44.4 Å². The average Bonchev–Trinajstić information content (AvgIpc) is 3.70. The number of aromatic nitrogens is 4. The van der Waals surface area contributed by atoms with Crippen LogP contribution < -0.4 is 4.74 Å². The van der Waals surface area contributed by atoms with Gasteiger partial charge < -0.3 is 4.74 Å². The first kappa shape index (κ1) is 32.4. The molecule has 0 aliphatic carbocycles. The molecule has 0 unspecified atom stereocenters. The quantitative estimate of drug-likeness (QED) is 0.157. The van der Waals surface area contributed by atoms with Crippen molar-refractivity contribution < 1.29 is 4.74 Å². The van der Waals surface area contributed by atoms with Gasteiger partial charge in [-0.1, -0.05) is 45.4 Å². The Labute approximate surface area is 290 Å². The molecule has 0 spiro atoms. The van der Waals surface area contributed by atoms with Gasteiger partial charge in [0.05, 0.1) is 22.9 Å². The third-order valence-corrected chi connectivity index (χ3v) is 10.2. The molecule has 248 valence electrons. The highest BCUT2D eigenvalue weighted by Crippen LogP contribution is 2.37. The summed E-state index contributed by atoms with van der Waals surface area (Å²) in [6.45, 7) is 17.8. The fraction of sp³-hybridized carbons (Fsp3) is 0.273. The van der Waals surface area contributed by atoms with E-state index >= 15 is 0 Å². The van der Waals surface area contributed by atoms with Crippen molar-refractivity contribution >= 4 is 21.8 Å². The van der Waals surface area contributed by atoms with E-state index in [0.717, 1.165) is 58.9 Å². The summed E-state index contributed by atoms with van der Waals surface area (Å²) in [5.74, 6) is 3.07. The first-order valence-corrected chi connectivity index (χ1v) is 17.6. The first-order chi connectivity index (χ1) is 23.6. The van der Waals surface area contributed by atoms with E-state index in [1.807, 2.05) is 17.1 Å². The summed E-state index contributed by atoms with van der Waals surface area (Å²) in [5, 5.41) is 7.24. The van der Waals surface area contributed by atoms with Crippen molar-refractivity contribution in [2.75, 3.05) is 0 Å². The summed E-state index contributed by atoms with van der Waals surface area (Å²) in [5.41, 5.74) is 14.8. The molecule has 0 N–H and O–H groups in total. The molecule has 3 heterocycles. The zero-order valence-corrected chi connectivity index (χ0v) is 30.1. The number of pyridine rings is 1. The lowest BCUT2D eigenvalue weighted by molar-refractivity contribution is 0.482. The molecule has 0 radical (unpaired) electrons. The van der Waals surface area contributed by atoms with Gasteiger partial charge in [-0.25, -0.2) is 9.67 Å². The van der Waals surface area contributed by atoms with Gasteiger partial charge >= 0.3 is 0 Å². The fourth-order valence-electron chi connectivity index (χ4n) is 7.37. The van der Waals surface area contributed by atoms with Gasteiger partial charge in [0.15, 0.2) is 0 Å². The van der Waals surface area contributed by atoms with Gasteiger partial charge in [-0.05, 0) is 140 Å². The van der Waals surface area contributed by atoms with Crippen LogP contribution in [0.1, 0.15) is 66.1 Å². The molecule has 7 aromatic rings. The van der Waals surface area contributed by atoms with Gasteiger partial charge in [-0.2, -0.15) is 5.10 Å². The van der Waals surface area contributed by atoms with E-state index < -0.39 is 0 Å². The minimum absolute atomic E-state index is 0.569. The third kappa shape index (κ3) is 6.03. The minimum atomic E-state index is 0.569. The van der Waals surface area contributed by atoms with Crippen LogP contribution in [0, 0.1) is 40.5 Å². The summed E-state index contributed by atoms with van der Waals surface area (Å²) in [6, 6.07) is 25.8. The number of aryl methyl sites for hydroxylation is 1. The van der Waals surface area contributed by atoms with Crippen LogP contribution >= 0.6 is 0 Å². The van der Waals surface area contributed by atoms with E-state index in [-0.39, 0.29) is 0 Å². The summed E-state index contributed by atoms with van der Waals surface area (Å²) >= 11 is 0. The van der Waals surface area contributed by atoms with Gasteiger partial charge in [0.25, 0.3) is 0 Å². The van der Waals surface area contributed by atoms with E-state index in [4.69, 9.17) is 14.8 Å². The summed E-state index contributed by atoms with van der Waals surface area (Å²) < 4.78 is 11.0. The molecule has 3 aromatic heterocycles. The van der Waals surface area contributed by atoms with Crippen molar-refractivity contribution in [2.45, 2.75) is 74.7 Å². The topological polar surface area (TPSA) is 44.9 Å². The van der Waals surface area contributed by atoms with Crippen LogP contribution in [-0.4, -0.2) is 19.3 Å². The SMILES string of the molecule is CCCc1cc(Oc2ccc3c4ccccc4n(-c4cc(CC(C)C)ccn4)c3c2)cc(-n2cc(-c3c(C)c(C)c(C)c(C)c3C)cn2)c1. The molecule has 5 nitrogen and oxygen atoms in total. The zero-order valence-electron chi connectivity index (χ0n) is 30.1. The fourth-order valence-corrected chi connectivity index (χ4v) is 7.37. The Balaban J connectivity index is 1.29. The Hall–Kier alpha value is -5.16. The summed E-state index contributed by atoms with van der Waals surface area (Å²) in [4.78, 5) is 4.84. The summed E-state index contributed by atoms with van der Waals surface area (Å²) in [6.07, 6.45) is 9.09. The summed E-state index contributed by atoms with van der Waals surface area (Å²) in [7, 11) is 0. The van der Waals surface area contributed by atoms with Crippen LogP contribution in [0.15, 0.2) is 91.4 Å². The number of nitrogens with zero attached hydrogens (tertiary/aromatic N) is 4. The molecular weight excluding hydrogens is 601 g/mol. The maximum absolute atomic E-state index is 6.70. The van der Waals surface area contributed by atoms with Gasteiger partial charge in [-0.15, -0.1) is 0 Å². The van der Waals surface area contributed by atoms with Gasteiger partial charge in [-0.3, -0.25) is 4.57 Å². The van der Waals surface area contributed by atoms with Crippen molar-refractivity contribution in [3.63, 3.8) is 0 Å². The van der Waals surface area contributed by atoms with Crippen molar-refractivity contribution in [3.8, 4) is 34.1 Å². The molecule has 0 saturated heterocycles. The van der Waals surface area contributed by atoms with Crippen LogP contribution in [0.3, 0.4) is 0 Å². The molecule has 0 aliphatic heterocycles. The predicted octanol–water partition coefficient (Wildman–Crippen LogP) is 11.5. The Morgan fingerprint density at radius 1 is 0.714 bits per heavy atom. The molecule has 0 atom stereocenters. The molecule has 4 aromatic carbocycles. The number of ether oxygens (including phenoxy) is 1. The lowest BCUT2D eigenvalue weighted by Crippen LogP contribution is -2.01. The number of fused-ring (bicyclic) bond motifs is 3. The molecule has 5 heteroatoms. The molecule has 0 saturated carbocycles. The van der Waals surface area contributed by atoms with Crippen molar-refractivity contribution in [1.29, 1.82) is 0 Å². The number of rotatable bonds is 9. The first-order valence-electron chi connectivity index (χ1n) is 17.6. The van der Waals surface area contributed by atoms with Crippen LogP contribution in [-0.2, 0) is 12.8 Å². The molecule has 7 rings (SSSR count). The highest BCUT2D eigenvalue weighted by atomic mass is 16.5. The van der Waals surface area contributed by atoms with Gasteiger partial charge in [0.2, 0.25) is 0 Å². The molecular formula is C44H46N4O. The molecule has 0 aliphatic rings. The van der Waals surface area contributed by atoms with Gasteiger partial charge in [0.1, 0.15) is 17.3 Å². The van der Waals surface area contributed by atoms with Gasteiger partial charge in [0, 0.05) is 40.9 Å². The lowest BCUT2D eigenvalue weighted by atomic mass is 9.87. The van der Waals surface area contributed by atoms with Crippen molar-refractivity contribution in [1.82, 2.24) is 19.3 Å². The van der Waals surface area contributed by atoms with E-state index in [2.05, 4.69) is 139 Å². The number of para-hydroxylation sites is 1.